The number of carbonyl (C=O) groups excluding carboxylic acids is 1. The number of thioether (sulfide) groups is 1. The van der Waals surface area contributed by atoms with Crippen molar-refractivity contribution in [3.8, 4) is 0 Å². The fourth-order valence-electron chi connectivity index (χ4n) is 1.52. The zero-order valence-electron chi connectivity index (χ0n) is 10.5. The van der Waals surface area contributed by atoms with Crippen LogP contribution in [-0.2, 0) is 0 Å². The fourth-order valence-corrected chi connectivity index (χ4v) is 2.10. The number of pyridine rings is 1. The van der Waals surface area contributed by atoms with E-state index in [4.69, 9.17) is 0 Å². The summed E-state index contributed by atoms with van der Waals surface area (Å²) in [4.78, 5) is 16.1. The topological polar surface area (TPSA) is 54.0 Å². The Bertz CT molecular complexity index is 371. The van der Waals surface area contributed by atoms with Gasteiger partial charge in [0.1, 0.15) is 0 Å². The molecule has 0 saturated carbocycles. The molecule has 1 atom stereocenters. The van der Waals surface area contributed by atoms with E-state index >= 15 is 0 Å². The van der Waals surface area contributed by atoms with E-state index < -0.39 is 0 Å². The van der Waals surface area contributed by atoms with Gasteiger partial charge in [0.25, 0.3) is 5.91 Å². The molecule has 0 radical (unpaired) electrons. The molecule has 1 aromatic rings. The number of aromatic nitrogens is 1. The molecule has 0 fully saturated rings. The summed E-state index contributed by atoms with van der Waals surface area (Å²) in [6.07, 6.45) is 5.34. The number of hydrogen-bond acceptors (Lipinski definition) is 4. The summed E-state index contributed by atoms with van der Waals surface area (Å²) in [7, 11) is 0. The Labute approximate surface area is 107 Å². The second kappa shape index (κ2) is 7.17. The first-order chi connectivity index (χ1) is 8.19. The van der Waals surface area contributed by atoms with Crippen LogP contribution in [0.15, 0.2) is 18.5 Å². The van der Waals surface area contributed by atoms with Crippen molar-refractivity contribution in [2.75, 3.05) is 23.9 Å². The van der Waals surface area contributed by atoms with Crippen LogP contribution in [0.1, 0.15) is 24.2 Å². The molecule has 94 valence electrons. The zero-order chi connectivity index (χ0) is 12.7. The van der Waals surface area contributed by atoms with Gasteiger partial charge in [0.15, 0.2) is 0 Å². The normalized spacial score (nSPS) is 11.9. The Kier molecular flexibility index (Phi) is 5.83. The van der Waals surface area contributed by atoms with Gasteiger partial charge in [-0.05, 0) is 26.2 Å². The summed E-state index contributed by atoms with van der Waals surface area (Å²) < 4.78 is 0. The average molecular weight is 253 g/mol. The molecule has 0 aliphatic heterocycles. The number of amides is 1. The van der Waals surface area contributed by atoms with Crippen molar-refractivity contribution in [1.82, 2.24) is 10.3 Å². The molecule has 0 spiro atoms. The third kappa shape index (κ3) is 4.26. The van der Waals surface area contributed by atoms with E-state index in [-0.39, 0.29) is 11.9 Å². The third-order valence-electron chi connectivity index (χ3n) is 2.23. The van der Waals surface area contributed by atoms with E-state index in [1.54, 1.807) is 30.2 Å². The van der Waals surface area contributed by atoms with Gasteiger partial charge in [-0.25, -0.2) is 0 Å². The largest absolute Gasteiger partial charge is 0.383 e. The molecule has 17 heavy (non-hydrogen) atoms. The highest BCUT2D eigenvalue weighted by Crippen LogP contribution is 2.13. The van der Waals surface area contributed by atoms with Gasteiger partial charge in [-0.3, -0.25) is 9.78 Å². The van der Waals surface area contributed by atoms with Crippen molar-refractivity contribution >= 4 is 23.4 Å². The summed E-state index contributed by atoms with van der Waals surface area (Å²) in [6.45, 7) is 4.76. The van der Waals surface area contributed by atoms with E-state index in [1.807, 2.05) is 20.1 Å². The van der Waals surface area contributed by atoms with Crippen LogP contribution in [0.4, 0.5) is 5.69 Å². The third-order valence-corrected chi connectivity index (χ3v) is 3.06. The first kappa shape index (κ1) is 13.8. The number of carbonyl (C=O) groups is 1. The monoisotopic (exact) mass is 253 g/mol. The molecule has 5 heteroatoms. The van der Waals surface area contributed by atoms with Gasteiger partial charge in [-0.15, -0.1) is 0 Å². The summed E-state index contributed by atoms with van der Waals surface area (Å²) in [5, 5.41) is 6.10. The first-order valence-corrected chi connectivity index (χ1v) is 7.06. The minimum absolute atomic E-state index is 0.0510. The highest BCUT2D eigenvalue weighted by molar-refractivity contribution is 7.98. The Morgan fingerprint density at radius 1 is 1.59 bits per heavy atom. The lowest BCUT2D eigenvalue weighted by atomic mass is 10.2. The number of hydrogen-bond donors (Lipinski definition) is 2. The maximum atomic E-state index is 12.0. The quantitative estimate of drug-likeness (QED) is 0.814. The summed E-state index contributed by atoms with van der Waals surface area (Å²) in [5.74, 6) is 0.859. The average Bonchev–Trinajstić information content (AvgIpc) is 2.30. The van der Waals surface area contributed by atoms with Crippen LogP contribution in [0.2, 0.25) is 0 Å². The Hall–Kier alpha value is -1.23. The van der Waals surface area contributed by atoms with Crippen LogP contribution in [0.5, 0.6) is 0 Å². The van der Waals surface area contributed by atoms with Crippen LogP contribution >= 0.6 is 11.8 Å². The van der Waals surface area contributed by atoms with Gasteiger partial charge in [-0.1, -0.05) is 0 Å². The second-order valence-electron chi connectivity index (χ2n) is 3.78. The highest BCUT2D eigenvalue weighted by Gasteiger charge is 2.12. The molecule has 1 unspecified atom stereocenters. The van der Waals surface area contributed by atoms with Gasteiger partial charge >= 0.3 is 0 Å². The zero-order valence-corrected chi connectivity index (χ0v) is 11.3. The molecule has 0 bridgehead atoms. The van der Waals surface area contributed by atoms with E-state index in [9.17, 15) is 4.79 Å². The molecule has 0 saturated heterocycles. The SMILES string of the molecule is CCNc1cnccc1C(=O)NC(C)CSC. The molecule has 0 aromatic carbocycles. The molecule has 1 amide bonds. The summed E-state index contributed by atoms with van der Waals surface area (Å²) in [6, 6.07) is 1.90. The van der Waals surface area contributed by atoms with E-state index in [1.165, 1.54) is 0 Å². The molecular formula is C12H19N3OS. The van der Waals surface area contributed by atoms with Crippen molar-refractivity contribution in [2.24, 2.45) is 0 Å². The molecule has 1 heterocycles. The Balaban J connectivity index is 2.74. The van der Waals surface area contributed by atoms with Crippen molar-refractivity contribution in [2.45, 2.75) is 19.9 Å². The fraction of sp³-hybridized carbons (Fsp3) is 0.500. The van der Waals surface area contributed by atoms with Gasteiger partial charge in [0.2, 0.25) is 0 Å². The standard InChI is InChI=1S/C12H19N3OS/c1-4-14-11-7-13-6-5-10(11)12(16)15-9(2)8-17-3/h5-7,9,14H,4,8H2,1-3H3,(H,15,16). The number of rotatable bonds is 6. The number of nitrogens with zero attached hydrogens (tertiary/aromatic N) is 1. The Morgan fingerprint density at radius 3 is 3.00 bits per heavy atom. The van der Waals surface area contributed by atoms with Crippen molar-refractivity contribution in [1.29, 1.82) is 0 Å². The van der Waals surface area contributed by atoms with Gasteiger partial charge in [0.05, 0.1) is 17.4 Å². The molecule has 0 aliphatic carbocycles. The highest BCUT2D eigenvalue weighted by atomic mass is 32.2. The van der Waals surface area contributed by atoms with Crippen molar-refractivity contribution in [3.05, 3.63) is 24.0 Å². The molecule has 2 N–H and O–H groups in total. The Morgan fingerprint density at radius 2 is 2.35 bits per heavy atom. The van der Waals surface area contributed by atoms with Crippen molar-refractivity contribution in [3.63, 3.8) is 0 Å². The minimum atomic E-state index is -0.0510. The van der Waals surface area contributed by atoms with Crippen LogP contribution in [-0.4, -0.2) is 35.5 Å². The van der Waals surface area contributed by atoms with E-state index in [2.05, 4.69) is 15.6 Å². The number of anilines is 1. The van der Waals surface area contributed by atoms with Crippen molar-refractivity contribution < 1.29 is 4.79 Å². The lowest BCUT2D eigenvalue weighted by Crippen LogP contribution is -2.34. The van der Waals surface area contributed by atoms with E-state index in [0.717, 1.165) is 18.0 Å². The summed E-state index contributed by atoms with van der Waals surface area (Å²) >= 11 is 1.72. The van der Waals surface area contributed by atoms with Gasteiger partial charge in [0, 0.05) is 24.5 Å². The maximum absolute atomic E-state index is 12.0. The minimum Gasteiger partial charge on any atom is -0.383 e. The van der Waals surface area contributed by atoms with Crippen LogP contribution in [0.25, 0.3) is 0 Å². The molecular weight excluding hydrogens is 234 g/mol. The molecule has 0 aliphatic rings. The molecule has 4 nitrogen and oxygen atoms in total. The first-order valence-electron chi connectivity index (χ1n) is 5.66. The molecule has 1 aromatic heterocycles. The van der Waals surface area contributed by atoms with Crippen LogP contribution in [0, 0.1) is 0 Å². The van der Waals surface area contributed by atoms with Gasteiger partial charge < -0.3 is 10.6 Å². The van der Waals surface area contributed by atoms with Crippen LogP contribution in [0.3, 0.4) is 0 Å². The van der Waals surface area contributed by atoms with Crippen LogP contribution < -0.4 is 10.6 Å². The second-order valence-corrected chi connectivity index (χ2v) is 4.69. The lowest BCUT2D eigenvalue weighted by molar-refractivity contribution is 0.0944. The number of nitrogens with one attached hydrogen (secondary N) is 2. The predicted octanol–water partition coefficient (Wildman–Crippen LogP) is 1.99. The maximum Gasteiger partial charge on any atom is 0.253 e. The summed E-state index contributed by atoms with van der Waals surface area (Å²) in [5.41, 5.74) is 1.43. The van der Waals surface area contributed by atoms with Gasteiger partial charge in [-0.2, -0.15) is 11.8 Å². The molecule has 1 rings (SSSR count). The lowest BCUT2D eigenvalue weighted by Gasteiger charge is -2.14. The predicted molar refractivity (Wildman–Crippen MR) is 73.7 cm³/mol. The smallest absolute Gasteiger partial charge is 0.253 e. The van der Waals surface area contributed by atoms with E-state index in [0.29, 0.717) is 5.56 Å².